The molecular weight excluding hydrogens is 296 g/mol. The highest BCUT2D eigenvalue weighted by Crippen LogP contribution is 2.42. The Bertz CT molecular complexity index is 637. The standard InChI is InChI=1S/C16H17N2O3Si/c1-20-15(19)13-8-12(2-7-22)9-17-14(13)18-10-16(11-18)3-5-21-6-4-16/h8-9H,3-6,10-11H2,1H3. The molecule has 0 bridgehead atoms. The number of esters is 1. The second kappa shape index (κ2) is 6.11. The highest BCUT2D eigenvalue weighted by molar-refractivity contribution is 6.22. The van der Waals surface area contributed by atoms with Gasteiger partial charge in [0.15, 0.2) is 0 Å². The fourth-order valence-corrected chi connectivity index (χ4v) is 3.29. The summed E-state index contributed by atoms with van der Waals surface area (Å²) >= 11 is 0. The molecule has 1 aromatic rings. The number of hydrogen-bond donors (Lipinski definition) is 0. The number of rotatable bonds is 2. The minimum Gasteiger partial charge on any atom is -0.465 e. The molecule has 6 heteroatoms. The Labute approximate surface area is 133 Å². The average molecular weight is 313 g/mol. The number of aromatic nitrogens is 1. The summed E-state index contributed by atoms with van der Waals surface area (Å²) in [6, 6.07) is 1.73. The van der Waals surface area contributed by atoms with Crippen LogP contribution < -0.4 is 4.90 Å². The quantitative estimate of drug-likeness (QED) is 0.462. The second-order valence-corrected chi connectivity index (χ2v) is 6.06. The van der Waals surface area contributed by atoms with Crippen molar-refractivity contribution in [3.63, 3.8) is 0 Å². The normalized spacial score (nSPS) is 19.1. The van der Waals surface area contributed by atoms with E-state index in [1.54, 1.807) is 12.3 Å². The monoisotopic (exact) mass is 313 g/mol. The Kier molecular flexibility index (Phi) is 4.18. The molecule has 0 aromatic carbocycles. The molecule has 0 N–H and O–H groups in total. The molecule has 2 fully saturated rings. The Morgan fingerprint density at radius 2 is 2.18 bits per heavy atom. The highest BCUT2D eigenvalue weighted by Gasteiger charge is 2.45. The maximum atomic E-state index is 12.0. The van der Waals surface area contributed by atoms with Crippen LogP contribution in [0.4, 0.5) is 5.82 Å². The minimum atomic E-state index is -0.381. The van der Waals surface area contributed by atoms with Gasteiger partial charge in [0.25, 0.3) is 0 Å². The van der Waals surface area contributed by atoms with Crippen molar-refractivity contribution in [1.29, 1.82) is 0 Å². The molecule has 3 heterocycles. The summed E-state index contributed by atoms with van der Waals surface area (Å²) in [6.45, 7) is 3.47. The van der Waals surface area contributed by atoms with E-state index in [-0.39, 0.29) is 5.97 Å². The van der Waals surface area contributed by atoms with Crippen molar-refractivity contribution < 1.29 is 14.3 Å². The second-order valence-electron chi connectivity index (χ2n) is 5.81. The number of carbonyl (C=O) groups excluding carboxylic acids is 1. The zero-order valence-electron chi connectivity index (χ0n) is 12.5. The van der Waals surface area contributed by atoms with Gasteiger partial charge in [-0.1, -0.05) is 5.92 Å². The smallest absolute Gasteiger partial charge is 0.341 e. The maximum Gasteiger partial charge on any atom is 0.341 e. The van der Waals surface area contributed by atoms with E-state index in [0.29, 0.717) is 22.4 Å². The molecule has 0 amide bonds. The molecule has 1 spiro atoms. The summed E-state index contributed by atoms with van der Waals surface area (Å²) in [5, 5.41) is 0. The van der Waals surface area contributed by atoms with Crippen LogP contribution in [0.5, 0.6) is 0 Å². The fraction of sp³-hybridized carbons (Fsp3) is 0.500. The van der Waals surface area contributed by atoms with Crippen LogP contribution >= 0.6 is 0 Å². The summed E-state index contributed by atoms with van der Waals surface area (Å²) in [5.74, 6) is 3.15. The van der Waals surface area contributed by atoms with Crippen molar-refractivity contribution in [2.75, 3.05) is 38.3 Å². The number of nitrogens with zero attached hydrogens (tertiary/aromatic N) is 2. The summed E-state index contributed by atoms with van der Waals surface area (Å²) in [4.78, 5) is 18.6. The van der Waals surface area contributed by atoms with E-state index in [0.717, 1.165) is 39.1 Å². The summed E-state index contributed by atoms with van der Waals surface area (Å²) in [7, 11) is 4.49. The van der Waals surface area contributed by atoms with Gasteiger partial charge in [-0.05, 0) is 18.9 Å². The number of pyridine rings is 1. The summed E-state index contributed by atoms with van der Waals surface area (Å²) in [6.07, 6.45) is 3.83. The number of hydrogen-bond acceptors (Lipinski definition) is 5. The molecule has 5 nitrogen and oxygen atoms in total. The molecule has 3 radical (unpaired) electrons. The van der Waals surface area contributed by atoms with Crippen LogP contribution in [0.3, 0.4) is 0 Å². The van der Waals surface area contributed by atoms with Crippen LogP contribution in [0, 0.1) is 16.9 Å². The van der Waals surface area contributed by atoms with Gasteiger partial charge >= 0.3 is 5.97 Å². The molecule has 0 unspecified atom stereocenters. The first-order valence-electron chi connectivity index (χ1n) is 7.26. The van der Waals surface area contributed by atoms with Crippen LogP contribution in [-0.2, 0) is 9.47 Å². The van der Waals surface area contributed by atoms with Gasteiger partial charge in [0.2, 0.25) is 0 Å². The van der Waals surface area contributed by atoms with Crippen LogP contribution in [0.1, 0.15) is 28.8 Å². The first-order chi connectivity index (χ1) is 10.7. The minimum absolute atomic E-state index is 0.321. The average Bonchev–Trinajstić information content (AvgIpc) is 2.53. The van der Waals surface area contributed by atoms with Gasteiger partial charge in [-0.3, -0.25) is 0 Å². The van der Waals surface area contributed by atoms with Crippen molar-refractivity contribution in [2.24, 2.45) is 5.41 Å². The third-order valence-corrected chi connectivity index (χ3v) is 4.51. The predicted molar refractivity (Wildman–Crippen MR) is 82.9 cm³/mol. The molecule has 113 valence electrons. The Hall–Kier alpha value is -1.84. The van der Waals surface area contributed by atoms with Crippen LogP contribution in [0.25, 0.3) is 0 Å². The molecule has 0 atom stereocenters. The van der Waals surface area contributed by atoms with Crippen LogP contribution in [0.15, 0.2) is 12.3 Å². The Balaban J connectivity index is 1.84. The Morgan fingerprint density at radius 3 is 2.82 bits per heavy atom. The topological polar surface area (TPSA) is 51.7 Å². The van der Waals surface area contributed by atoms with E-state index in [9.17, 15) is 4.79 Å². The first kappa shape index (κ1) is 15.1. The predicted octanol–water partition coefficient (Wildman–Crippen LogP) is 0.962. The van der Waals surface area contributed by atoms with Crippen molar-refractivity contribution in [1.82, 2.24) is 4.98 Å². The van der Waals surface area contributed by atoms with Crippen molar-refractivity contribution in [3.05, 3.63) is 23.4 Å². The van der Waals surface area contributed by atoms with Gasteiger partial charge in [0, 0.05) is 43.5 Å². The fourth-order valence-electron chi connectivity index (χ4n) is 3.14. The van der Waals surface area contributed by atoms with Crippen molar-refractivity contribution in [2.45, 2.75) is 12.8 Å². The molecular formula is C16H17N2O3Si. The van der Waals surface area contributed by atoms with Gasteiger partial charge in [-0.2, -0.15) is 0 Å². The van der Waals surface area contributed by atoms with Crippen LogP contribution in [0.2, 0.25) is 0 Å². The molecule has 0 saturated carbocycles. The molecule has 2 saturated heterocycles. The lowest BCUT2D eigenvalue weighted by Crippen LogP contribution is -2.59. The molecule has 22 heavy (non-hydrogen) atoms. The van der Waals surface area contributed by atoms with Crippen molar-refractivity contribution >= 4 is 22.0 Å². The summed E-state index contributed by atoms with van der Waals surface area (Å²) in [5.41, 5.74) is 4.10. The van der Waals surface area contributed by atoms with Crippen LogP contribution in [-0.4, -0.2) is 54.6 Å². The van der Waals surface area contributed by atoms with Gasteiger partial charge in [-0.15, -0.1) is 5.54 Å². The summed E-state index contributed by atoms with van der Waals surface area (Å²) < 4.78 is 10.3. The lowest BCUT2D eigenvalue weighted by Gasteiger charge is -2.53. The highest BCUT2D eigenvalue weighted by atomic mass is 28.1. The van der Waals surface area contributed by atoms with Gasteiger partial charge < -0.3 is 14.4 Å². The van der Waals surface area contributed by atoms with Gasteiger partial charge in [-0.25, -0.2) is 9.78 Å². The van der Waals surface area contributed by atoms with E-state index < -0.39 is 0 Å². The lowest BCUT2D eigenvalue weighted by molar-refractivity contribution is -0.000587. The van der Waals surface area contributed by atoms with E-state index in [2.05, 4.69) is 31.6 Å². The van der Waals surface area contributed by atoms with Gasteiger partial charge in [0.1, 0.15) is 21.6 Å². The molecule has 2 aliphatic heterocycles. The number of carbonyl (C=O) groups is 1. The zero-order chi connectivity index (χ0) is 15.6. The van der Waals surface area contributed by atoms with E-state index in [1.165, 1.54) is 7.11 Å². The largest absolute Gasteiger partial charge is 0.465 e. The number of methoxy groups -OCH3 is 1. The Morgan fingerprint density at radius 1 is 1.45 bits per heavy atom. The lowest BCUT2D eigenvalue weighted by atomic mass is 9.73. The maximum absolute atomic E-state index is 12.0. The molecule has 2 aliphatic rings. The van der Waals surface area contributed by atoms with E-state index >= 15 is 0 Å². The third kappa shape index (κ3) is 2.74. The number of anilines is 1. The molecule has 0 aliphatic carbocycles. The van der Waals surface area contributed by atoms with E-state index in [1.807, 2.05) is 0 Å². The van der Waals surface area contributed by atoms with Crippen molar-refractivity contribution in [3.8, 4) is 11.5 Å². The molecule has 1 aromatic heterocycles. The SMILES string of the molecule is COC(=O)c1cc(C#C[Si])cnc1N1CC2(CCOCC2)C1. The third-order valence-electron chi connectivity index (χ3n) is 4.38. The first-order valence-corrected chi connectivity index (χ1v) is 7.76. The van der Waals surface area contributed by atoms with Gasteiger partial charge in [0.05, 0.1) is 7.11 Å². The van der Waals surface area contributed by atoms with E-state index in [4.69, 9.17) is 9.47 Å². The number of ether oxygens (including phenoxy) is 2. The zero-order valence-corrected chi connectivity index (χ0v) is 13.5. The molecule has 3 rings (SSSR count).